The third-order valence-electron chi connectivity index (χ3n) is 7.26. The van der Waals surface area contributed by atoms with Gasteiger partial charge < -0.3 is 14.4 Å². The highest BCUT2D eigenvalue weighted by Crippen LogP contribution is 2.50. The molecule has 6 rings (SSSR count). The molecule has 4 aromatic rings. The molecule has 3 aromatic carbocycles. The predicted molar refractivity (Wildman–Crippen MR) is 140 cm³/mol. The minimum atomic E-state index is -0.522. The highest BCUT2D eigenvalue weighted by Gasteiger charge is 2.49. The number of nitrogens with zero attached hydrogens (tertiary/aromatic N) is 3. The van der Waals surface area contributed by atoms with E-state index in [1.165, 1.54) is 7.11 Å². The van der Waals surface area contributed by atoms with E-state index in [2.05, 4.69) is 4.90 Å². The summed E-state index contributed by atoms with van der Waals surface area (Å²) in [4.78, 5) is 28.5. The summed E-state index contributed by atoms with van der Waals surface area (Å²) in [5, 5.41) is 0.566. The maximum absolute atomic E-state index is 14.1. The molecule has 8 heteroatoms. The summed E-state index contributed by atoms with van der Waals surface area (Å²) in [6.45, 7) is 3.13. The Labute approximate surface area is 213 Å². The van der Waals surface area contributed by atoms with Crippen LogP contribution in [0.5, 0.6) is 0 Å². The lowest BCUT2D eigenvalue weighted by atomic mass is 10.0. The van der Waals surface area contributed by atoms with Crippen molar-refractivity contribution in [2.45, 2.75) is 18.4 Å². The summed E-state index contributed by atoms with van der Waals surface area (Å²) in [5.74, 6) is -0.394. The smallest absolute Gasteiger partial charge is 0.337 e. The summed E-state index contributed by atoms with van der Waals surface area (Å²) in [6.07, 6.45) is 1.60. The van der Waals surface area contributed by atoms with Gasteiger partial charge >= 0.3 is 11.7 Å². The van der Waals surface area contributed by atoms with Crippen LogP contribution in [-0.4, -0.2) is 48.5 Å². The lowest BCUT2D eigenvalue weighted by molar-refractivity contribution is 0.0600. The normalized spacial score (nSPS) is 16.8. The lowest BCUT2D eigenvalue weighted by Gasteiger charge is -2.28. The van der Waals surface area contributed by atoms with Crippen LogP contribution in [0.3, 0.4) is 0 Å². The third kappa shape index (κ3) is 3.70. The van der Waals surface area contributed by atoms with E-state index in [4.69, 9.17) is 21.1 Å². The molecule has 0 spiro atoms. The molecule has 1 saturated heterocycles. The van der Waals surface area contributed by atoms with E-state index in [1.54, 1.807) is 10.6 Å². The third-order valence-corrected chi connectivity index (χ3v) is 7.49. The van der Waals surface area contributed by atoms with E-state index in [1.807, 2.05) is 65.2 Å². The number of aromatic nitrogens is 2. The van der Waals surface area contributed by atoms with Crippen molar-refractivity contribution in [1.29, 1.82) is 0 Å². The number of imidazole rings is 1. The Morgan fingerprint density at radius 1 is 0.944 bits per heavy atom. The molecule has 2 aliphatic rings. The molecule has 184 valence electrons. The molecule has 1 saturated carbocycles. The van der Waals surface area contributed by atoms with Gasteiger partial charge in [-0.15, -0.1) is 0 Å². The summed E-state index contributed by atoms with van der Waals surface area (Å²) in [6, 6.07) is 21.0. The number of hydrogen-bond acceptors (Lipinski definition) is 5. The van der Waals surface area contributed by atoms with Crippen LogP contribution in [0.25, 0.3) is 16.7 Å². The number of halogens is 1. The molecule has 1 aliphatic heterocycles. The monoisotopic (exact) mass is 503 g/mol. The van der Waals surface area contributed by atoms with Gasteiger partial charge in [0.2, 0.25) is 0 Å². The number of rotatable bonds is 5. The van der Waals surface area contributed by atoms with Gasteiger partial charge in [-0.1, -0.05) is 23.7 Å². The SMILES string of the molecule is COC(=O)c1cccc(C2(n3c(=O)n(-c4ccc(N5CCOCC5)cc4)c4cc(Cl)ccc43)CC2)c1. The zero-order valence-electron chi connectivity index (χ0n) is 19.9. The highest BCUT2D eigenvalue weighted by atomic mass is 35.5. The van der Waals surface area contributed by atoms with Crippen LogP contribution in [0, 0.1) is 0 Å². The molecule has 0 radical (unpaired) electrons. The summed E-state index contributed by atoms with van der Waals surface area (Å²) in [7, 11) is 1.37. The van der Waals surface area contributed by atoms with E-state index in [9.17, 15) is 9.59 Å². The number of morpholine rings is 1. The van der Waals surface area contributed by atoms with E-state index in [0.29, 0.717) is 23.8 Å². The number of benzene rings is 3. The first-order valence-electron chi connectivity index (χ1n) is 12.1. The van der Waals surface area contributed by atoms with Crippen molar-refractivity contribution in [2.24, 2.45) is 0 Å². The summed E-state index contributed by atoms with van der Waals surface area (Å²) >= 11 is 6.39. The van der Waals surface area contributed by atoms with Crippen molar-refractivity contribution in [3.05, 3.63) is 93.4 Å². The van der Waals surface area contributed by atoms with Gasteiger partial charge in [0.25, 0.3) is 0 Å². The first-order chi connectivity index (χ1) is 17.5. The van der Waals surface area contributed by atoms with E-state index < -0.39 is 11.5 Å². The molecular weight excluding hydrogens is 478 g/mol. The maximum atomic E-state index is 14.1. The zero-order valence-corrected chi connectivity index (χ0v) is 20.7. The van der Waals surface area contributed by atoms with Crippen molar-refractivity contribution < 1.29 is 14.3 Å². The molecule has 2 heterocycles. The van der Waals surface area contributed by atoms with Gasteiger partial charge in [0.05, 0.1) is 48.1 Å². The number of carbonyl (C=O) groups excluding carboxylic acids is 1. The van der Waals surface area contributed by atoms with Crippen molar-refractivity contribution in [3.63, 3.8) is 0 Å². The molecule has 0 unspecified atom stereocenters. The molecule has 1 aromatic heterocycles. The van der Waals surface area contributed by atoms with Crippen LogP contribution >= 0.6 is 11.6 Å². The first kappa shape index (κ1) is 22.9. The van der Waals surface area contributed by atoms with Gasteiger partial charge in [0.15, 0.2) is 0 Å². The molecule has 0 N–H and O–H groups in total. The fraction of sp³-hybridized carbons (Fsp3) is 0.286. The average molecular weight is 504 g/mol. The van der Waals surface area contributed by atoms with E-state index in [0.717, 1.165) is 53.9 Å². The number of hydrogen-bond donors (Lipinski definition) is 0. The quantitative estimate of drug-likeness (QED) is 0.372. The number of esters is 1. The summed E-state index contributed by atoms with van der Waals surface area (Å²) < 4.78 is 14.0. The Kier molecular flexibility index (Phi) is 5.62. The standard InChI is InChI=1S/C28H26ClN3O4/c1-35-26(33)19-3-2-4-20(17-19)28(11-12-28)32-24-10-5-21(29)18-25(24)31(27(32)34)23-8-6-22(7-9-23)30-13-15-36-16-14-30/h2-10,17-18H,11-16H2,1H3. The number of fused-ring (bicyclic) bond motifs is 1. The van der Waals surface area contributed by atoms with Crippen LogP contribution in [-0.2, 0) is 15.0 Å². The Bertz CT molecular complexity index is 1510. The van der Waals surface area contributed by atoms with Gasteiger partial charge in [-0.3, -0.25) is 9.13 Å². The van der Waals surface area contributed by atoms with Crippen molar-refractivity contribution in [3.8, 4) is 5.69 Å². The minimum Gasteiger partial charge on any atom is -0.465 e. The molecular formula is C28H26ClN3O4. The fourth-order valence-electron chi connectivity index (χ4n) is 5.28. The van der Waals surface area contributed by atoms with Crippen molar-refractivity contribution in [1.82, 2.24) is 9.13 Å². The fourth-order valence-corrected chi connectivity index (χ4v) is 5.45. The van der Waals surface area contributed by atoms with Gasteiger partial charge in [-0.25, -0.2) is 9.59 Å². The average Bonchev–Trinajstić information content (AvgIpc) is 3.67. The number of carbonyl (C=O) groups is 1. The second-order valence-electron chi connectivity index (χ2n) is 9.31. The number of anilines is 1. The largest absolute Gasteiger partial charge is 0.465 e. The second-order valence-corrected chi connectivity index (χ2v) is 9.74. The molecule has 0 bridgehead atoms. The first-order valence-corrected chi connectivity index (χ1v) is 12.5. The minimum absolute atomic E-state index is 0.132. The Hall–Kier alpha value is -3.55. The molecule has 2 fully saturated rings. The van der Waals surface area contributed by atoms with Crippen LogP contribution < -0.4 is 10.6 Å². The Morgan fingerprint density at radius 2 is 1.67 bits per heavy atom. The van der Waals surface area contributed by atoms with Crippen molar-refractivity contribution >= 4 is 34.3 Å². The van der Waals surface area contributed by atoms with Gasteiger partial charge in [0, 0.05) is 23.8 Å². The molecule has 1 aliphatic carbocycles. The highest BCUT2D eigenvalue weighted by molar-refractivity contribution is 6.31. The lowest BCUT2D eigenvalue weighted by Crippen LogP contribution is -2.36. The van der Waals surface area contributed by atoms with Gasteiger partial charge in [-0.2, -0.15) is 0 Å². The molecule has 36 heavy (non-hydrogen) atoms. The van der Waals surface area contributed by atoms with Gasteiger partial charge in [-0.05, 0) is 73.0 Å². The van der Waals surface area contributed by atoms with Crippen LogP contribution in [0.15, 0.2) is 71.5 Å². The number of methoxy groups -OCH3 is 1. The van der Waals surface area contributed by atoms with Crippen molar-refractivity contribution in [2.75, 3.05) is 38.3 Å². The molecule has 7 nitrogen and oxygen atoms in total. The number of ether oxygens (including phenoxy) is 2. The van der Waals surface area contributed by atoms with E-state index >= 15 is 0 Å². The Morgan fingerprint density at radius 3 is 2.36 bits per heavy atom. The molecule has 0 atom stereocenters. The topological polar surface area (TPSA) is 65.7 Å². The maximum Gasteiger partial charge on any atom is 0.337 e. The van der Waals surface area contributed by atoms with Crippen LogP contribution in [0.2, 0.25) is 5.02 Å². The zero-order chi connectivity index (χ0) is 24.9. The molecule has 0 amide bonds. The second kappa shape index (κ2) is 8.84. The van der Waals surface area contributed by atoms with Gasteiger partial charge in [0.1, 0.15) is 0 Å². The Balaban J connectivity index is 1.48. The summed E-state index contributed by atoms with van der Waals surface area (Å²) in [5.41, 5.74) is 4.19. The van der Waals surface area contributed by atoms with Crippen LogP contribution in [0.1, 0.15) is 28.8 Å². The van der Waals surface area contributed by atoms with Crippen LogP contribution in [0.4, 0.5) is 5.69 Å². The predicted octanol–water partition coefficient (Wildman–Crippen LogP) is 4.61. The van der Waals surface area contributed by atoms with E-state index in [-0.39, 0.29) is 5.69 Å².